The molecular formula is C14H13F2N3OS. The summed E-state index contributed by atoms with van der Waals surface area (Å²) >= 11 is 1.08. The minimum atomic E-state index is -0.878. The first kappa shape index (κ1) is 15.4. The molecule has 0 bridgehead atoms. The highest BCUT2D eigenvalue weighted by molar-refractivity contribution is 8.00. The second kappa shape index (κ2) is 6.17. The molecule has 1 heterocycles. The van der Waals surface area contributed by atoms with Crippen molar-refractivity contribution in [3.8, 4) is 0 Å². The molecule has 2 aromatic rings. The lowest BCUT2D eigenvalue weighted by Crippen LogP contribution is -2.16. The van der Waals surface area contributed by atoms with Crippen molar-refractivity contribution in [1.29, 1.82) is 0 Å². The summed E-state index contributed by atoms with van der Waals surface area (Å²) in [5, 5.41) is -0.276. The summed E-state index contributed by atoms with van der Waals surface area (Å²) in [6.07, 6.45) is 0. The molecule has 0 fully saturated rings. The molecule has 0 aliphatic carbocycles. The molecule has 0 amide bonds. The van der Waals surface area contributed by atoms with Gasteiger partial charge in [-0.2, -0.15) is 0 Å². The third-order valence-corrected chi connectivity index (χ3v) is 3.66. The molecule has 21 heavy (non-hydrogen) atoms. The van der Waals surface area contributed by atoms with Gasteiger partial charge in [-0.05, 0) is 26.0 Å². The number of nitrogens with zero attached hydrogens (tertiary/aromatic N) is 2. The highest BCUT2D eigenvalue weighted by Gasteiger charge is 2.21. The van der Waals surface area contributed by atoms with E-state index >= 15 is 0 Å². The Hall–Kier alpha value is -2.02. The number of anilines is 1. The Labute approximate surface area is 124 Å². The van der Waals surface area contributed by atoms with Crippen LogP contribution in [-0.4, -0.2) is 21.0 Å². The smallest absolute Gasteiger partial charge is 0.190 e. The van der Waals surface area contributed by atoms with Gasteiger partial charge in [-0.1, -0.05) is 11.8 Å². The van der Waals surface area contributed by atoms with E-state index in [2.05, 4.69) is 9.97 Å². The van der Waals surface area contributed by atoms with Crippen molar-refractivity contribution in [1.82, 2.24) is 9.97 Å². The van der Waals surface area contributed by atoms with Crippen LogP contribution in [0.25, 0.3) is 0 Å². The molecular weight excluding hydrogens is 296 g/mol. The van der Waals surface area contributed by atoms with Gasteiger partial charge in [0, 0.05) is 17.8 Å². The number of ketones is 1. The molecule has 0 saturated carbocycles. The molecule has 2 N–H and O–H groups in total. The molecule has 0 saturated heterocycles. The van der Waals surface area contributed by atoms with Gasteiger partial charge in [-0.15, -0.1) is 0 Å². The second-order valence-corrected chi connectivity index (χ2v) is 5.77. The Morgan fingerprint density at radius 1 is 1.29 bits per heavy atom. The number of thioether (sulfide) groups is 1. The average molecular weight is 309 g/mol. The van der Waals surface area contributed by atoms with Gasteiger partial charge in [-0.3, -0.25) is 4.79 Å². The normalized spacial score (nSPS) is 12.2. The van der Waals surface area contributed by atoms with Crippen LogP contribution in [-0.2, 0) is 0 Å². The summed E-state index contributed by atoms with van der Waals surface area (Å²) in [7, 11) is 0. The number of benzene rings is 1. The van der Waals surface area contributed by atoms with Gasteiger partial charge >= 0.3 is 0 Å². The Morgan fingerprint density at radius 3 is 2.62 bits per heavy atom. The monoisotopic (exact) mass is 309 g/mol. The van der Waals surface area contributed by atoms with E-state index in [9.17, 15) is 13.6 Å². The molecule has 2 rings (SSSR count). The largest absolute Gasteiger partial charge is 0.384 e. The molecule has 1 aromatic carbocycles. The summed E-state index contributed by atoms with van der Waals surface area (Å²) in [6, 6.07) is 4.48. The number of rotatable bonds is 4. The third-order valence-electron chi connectivity index (χ3n) is 2.70. The summed E-state index contributed by atoms with van der Waals surface area (Å²) < 4.78 is 26.5. The van der Waals surface area contributed by atoms with Crippen LogP contribution in [0.2, 0.25) is 0 Å². The predicted octanol–water partition coefficient (Wildman–Crippen LogP) is 3.01. The van der Waals surface area contributed by atoms with E-state index in [-0.39, 0.29) is 5.56 Å². The van der Waals surface area contributed by atoms with Crippen LogP contribution < -0.4 is 5.73 Å². The van der Waals surface area contributed by atoms with Gasteiger partial charge in [0.05, 0.1) is 10.8 Å². The molecule has 110 valence electrons. The zero-order valence-electron chi connectivity index (χ0n) is 11.4. The lowest BCUT2D eigenvalue weighted by atomic mass is 10.1. The summed E-state index contributed by atoms with van der Waals surface area (Å²) in [5.74, 6) is -1.75. The summed E-state index contributed by atoms with van der Waals surface area (Å²) in [4.78, 5) is 20.3. The fourth-order valence-corrected chi connectivity index (χ4v) is 2.64. The molecule has 0 aliphatic heterocycles. The number of Topliss-reactive ketones (excluding diaryl/α,β-unsaturated/α-hetero) is 1. The van der Waals surface area contributed by atoms with E-state index in [1.54, 1.807) is 19.9 Å². The van der Waals surface area contributed by atoms with E-state index in [0.29, 0.717) is 22.7 Å². The van der Waals surface area contributed by atoms with Crippen LogP contribution in [0.1, 0.15) is 23.0 Å². The maximum Gasteiger partial charge on any atom is 0.190 e. The lowest BCUT2D eigenvalue weighted by molar-refractivity contribution is 0.0990. The first-order valence-corrected chi connectivity index (χ1v) is 7.02. The van der Waals surface area contributed by atoms with E-state index < -0.39 is 22.7 Å². The average Bonchev–Trinajstić information content (AvgIpc) is 2.36. The Kier molecular flexibility index (Phi) is 4.52. The maximum absolute atomic E-state index is 13.6. The number of hydrogen-bond donors (Lipinski definition) is 1. The van der Waals surface area contributed by atoms with Crippen LogP contribution >= 0.6 is 11.8 Å². The van der Waals surface area contributed by atoms with Crippen molar-refractivity contribution >= 4 is 23.4 Å². The SMILES string of the molecule is Cc1cc(N)nc(SC(C)C(=O)c2ccc(F)cc2F)n1. The van der Waals surface area contributed by atoms with Crippen LogP contribution in [0, 0.1) is 18.6 Å². The minimum absolute atomic E-state index is 0.156. The number of aromatic nitrogens is 2. The molecule has 7 heteroatoms. The molecule has 1 unspecified atom stereocenters. The van der Waals surface area contributed by atoms with Gasteiger partial charge < -0.3 is 5.73 Å². The van der Waals surface area contributed by atoms with E-state index in [1.165, 1.54) is 0 Å². The van der Waals surface area contributed by atoms with Crippen LogP contribution in [0.15, 0.2) is 29.4 Å². The second-order valence-electron chi connectivity index (χ2n) is 4.47. The quantitative estimate of drug-likeness (QED) is 0.534. The van der Waals surface area contributed by atoms with Gasteiger partial charge in [0.1, 0.15) is 17.5 Å². The van der Waals surface area contributed by atoms with E-state index in [0.717, 1.165) is 23.9 Å². The first-order valence-electron chi connectivity index (χ1n) is 6.14. The number of hydrogen-bond acceptors (Lipinski definition) is 5. The zero-order chi connectivity index (χ0) is 15.6. The number of nitrogen functional groups attached to an aromatic ring is 1. The van der Waals surface area contributed by atoms with Crippen molar-refractivity contribution in [3.05, 3.63) is 47.2 Å². The van der Waals surface area contributed by atoms with Gasteiger partial charge in [0.25, 0.3) is 0 Å². The minimum Gasteiger partial charge on any atom is -0.384 e. The predicted molar refractivity (Wildman–Crippen MR) is 77.2 cm³/mol. The Morgan fingerprint density at radius 2 is 2.00 bits per heavy atom. The number of nitrogens with two attached hydrogens (primary N) is 1. The van der Waals surface area contributed by atoms with E-state index in [4.69, 9.17) is 5.73 Å². The van der Waals surface area contributed by atoms with Crippen LogP contribution in [0.5, 0.6) is 0 Å². The van der Waals surface area contributed by atoms with Crippen molar-refractivity contribution in [2.24, 2.45) is 0 Å². The molecule has 0 spiro atoms. The highest BCUT2D eigenvalue weighted by atomic mass is 32.2. The topological polar surface area (TPSA) is 68.9 Å². The fourth-order valence-electron chi connectivity index (χ4n) is 1.74. The standard InChI is InChI=1S/C14H13F2N3OS/c1-7-5-12(17)19-14(18-7)21-8(2)13(20)10-4-3-9(15)6-11(10)16/h3-6,8H,1-2H3,(H2,17,18,19). The number of carbonyl (C=O) groups excluding carboxylic acids is 1. The Balaban J connectivity index is 2.19. The maximum atomic E-state index is 13.6. The van der Waals surface area contributed by atoms with Crippen LogP contribution in [0.4, 0.5) is 14.6 Å². The van der Waals surface area contributed by atoms with Crippen molar-refractivity contribution in [2.75, 3.05) is 5.73 Å². The van der Waals surface area contributed by atoms with E-state index in [1.807, 2.05) is 0 Å². The molecule has 1 aromatic heterocycles. The zero-order valence-corrected chi connectivity index (χ0v) is 12.2. The summed E-state index contributed by atoms with van der Waals surface area (Å²) in [6.45, 7) is 3.37. The number of halogens is 2. The van der Waals surface area contributed by atoms with Crippen molar-refractivity contribution in [3.63, 3.8) is 0 Å². The van der Waals surface area contributed by atoms with Crippen molar-refractivity contribution in [2.45, 2.75) is 24.3 Å². The van der Waals surface area contributed by atoms with Gasteiger partial charge in [0.2, 0.25) is 0 Å². The summed E-state index contributed by atoms with van der Waals surface area (Å²) in [5.41, 5.74) is 6.13. The molecule has 0 aliphatic rings. The van der Waals surface area contributed by atoms with Gasteiger partial charge in [0.15, 0.2) is 10.9 Å². The number of carbonyl (C=O) groups is 1. The molecule has 0 radical (unpaired) electrons. The number of aryl methyl sites for hydroxylation is 1. The van der Waals surface area contributed by atoms with Gasteiger partial charge in [-0.25, -0.2) is 18.7 Å². The lowest BCUT2D eigenvalue weighted by Gasteiger charge is -2.10. The molecule has 4 nitrogen and oxygen atoms in total. The van der Waals surface area contributed by atoms with Crippen LogP contribution in [0.3, 0.4) is 0 Å². The first-order chi connectivity index (χ1) is 9.86. The Bertz CT molecular complexity index is 674. The highest BCUT2D eigenvalue weighted by Crippen LogP contribution is 2.24. The molecule has 1 atom stereocenters. The van der Waals surface area contributed by atoms with Crippen molar-refractivity contribution < 1.29 is 13.6 Å². The third kappa shape index (κ3) is 3.75. The fraction of sp³-hybridized carbons (Fsp3) is 0.214.